The minimum atomic E-state index is -0.00269. The molecule has 0 radical (unpaired) electrons. The number of amidine groups is 1. The van der Waals surface area contributed by atoms with Crippen molar-refractivity contribution in [2.75, 3.05) is 0 Å². The minimum Gasteiger partial charge on any atom is -0.409 e. The summed E-state index contributed by atoms with van der Waals surface area (Å²) < 4.78 is 1.60. The molecule has 0 atom stereocenters. The molecule has 2 rings (SSSR count). The van der Waals surface area contributed by atoms with Crippen LogP contribution in [0.2, 0.25) is 0 Å². The molecule has 106 valence electrons. The predicted molar refractivity (Wildman–Crippen MR) is 75.2 cm³/mol. The van der Waals surface area contributed by atoms with Gasteiger partial charge in [-0.2, -0.15) is 10.2 Å². The standard InChI is InChI=1S/C13H18N6O/c1-7(2)10-5-6-19(17-10)13-11(12(14)18-20)8(3)9(4)15-16-13/h5-7,20H,1-4H3,(H2,14,18). The number of hydrogen-bond acceptors (Lipinski definition) is 5. The van der Waals surface area contributed by atoms with Gasteiger partial charge >= 0.3 is 0 Å². The van der Waals surface area contributed by atoms with Crippen LogP contribution in [0.3, 0.4) is 0 Å². The number of nitrogens with zero attached hydrogens (tertiary/aromatic N) is 5. The fraction of sp³-hybridized carbons (Fsp3) is 0.385. The van der Waals surface area contributed by atoms with E-state index >= 15 is 0 Å². The normalized spacial score (nSPS) is 12.2. The van der Waals surface area contributed by atoms with E-state index in [1.54, 1.807) is 10.9 Å². The van der Waals surface area contributed by atoms with E-state index in [1.807, 2.05) is 19.9 Å². The maximum atomic E-state index is 8.95. The highest BCUT2D eigenvalue weighted by atomic mass is 16.4. The molecule has 7 nitrogen and oxygen atoms in total. The van der Waals surface area contributed by atoms with Crippen molar-refractivity contribution < 1.29 is 5.21 Å². The maximum absolute atomic E-state index is 8.95. The summed E-state index contributed by atoms with van der Waals surface area (Å²) >= 11 is 0. The average molecular weight is 274 g/mol. The second kappa shape index (κ2) is 5.28. The molecule has 0 aliphatic heterocycles. The van der Waals surface area contributed by atoms with Gasteiger partial charge in [-0.25, -0.2) is 4.68 Å². The Kier molecular flexibility index (Phi) is 3.69. The van der Waals surface area contributed by atoms with Crippen LogP contribution in [0.1, 0.15) is 42.3 Å². The molecule has 2 aromatic rings. The molecule has 0 aliphatic rings. The van der Waals surface area contributed by atoms with E-state index in [1.165, 1.54) is 0 Å². The van der Waals surface area contributed by atoms with Crippen molar-refractivity contribution in [3.05, 3.63) is 34.8 Å². The Morgan fingerprint density at radius 3 is 2.60 bits per heavy atom. The van der Waals surface area contributed by atoms with Crippen molar-refractivity contribution in [2.24, 2.45) is 10.9 Å². The van der Waals surface area contributed by atoms with E-state index in [0.29, 0.717) is 17.3 Å². The number of aromatic nitrogens is 4. The fourth-order valence-corrected chi connectivity index (χ4v) is 1.88. The molecule has 0 amide bonds. The van der Waals surface area contributed by atoms with Gasteiger partial charge in [-0.3, -0.25) is 0 Å². The lowest BCUT2D eigenvalue weighted by Crippen LogP contribution is -2.21. The number of hydrogen-bond donors (Lipinski definition) is 2. The molecule has 0 saturated heterocycles. The van der Waals surface area contributed by atoms with Gasteiger partial charge in [-0.1, -0.05) is 19.0 Å². The summed E-state index contributed by atoms with van der Waals surface area (Å²) in [6, 6.07) is 1.91. The monoisotopic (exact) mass is 274 g/mol. The molecule has 0 aliphatic carbocycles. The van der Waals surface area contributed by atoms with Crippen LogP contribution in [-0.4, -0.2) is 31.0 Å². The van der Waals surface area contributed by atoms with Gasteiger partial charge in [0.05, 0.1) is 17.0 Å². The molecule has 2 aromatic heterocycles. The molecular weight excluding hydrogens is 256 g/mol. The van der Waals surface area contributed by atoms with Crippen molar-refractivity contribution in [1.29, 1.82) is 0 Å². The van der Waals surface area contributed by atoms with Gasteiger partial charge in [-0.05, 0) is 31.4 Å². The lowest BCUT2D eigenvalue weighted by atomic mass is 10.1. The molecule has 20 heavy (non-hydrogen) atoms. The van der Waals surface area contributed by atoms with E-state index in [2.05, 4.69) is 34.3 Å². The zero-order valence-electron chi connectivity index (χ0n) is 12.0. The molecular formula is C13H18N6O. The molecule has 0 unspecified atom stereocenters. The smallest absolute Gasteiger partial charge is 0.187 e. The zero-order chi connectivity index (χ0) is 14.9. The van der Waals surface area contributed by atoms with Crippen LogP contribution in [0, 0.1) is 13.8 Å². The third-order valence-corrected chi connectivity index (χ3v) is 3.22. The van der Waals surface area contributed by atoms with E-state index < -0.39 is 0 Å². The molecule has 3 N–H and O–H groups in total. The van der Waals surface area contributed by atoms with Crippen molar-refractivity contribution in [3.8, 4) is 5.82 Å². The largest absolute Gasteiger partial charge is 0.409 e. The molecule has 0 saturated carbocycles. The predicted octanol–water partition coefficient (Wildman–Crippen LogP) is 1.50. The Bertz CT molecular complexity index is 659. The average Bonchev–Trinajstić information content (AvgIpc) is 2.90. The van der Waals surface area contributed by atoms with Gasteiger partial charge in [0.2, 0.25) is 0 Å². The summed E-state index contributed by atoms with van der Waals surface area (Å²) in [5.74, 6) is 0.760. The van der Waals surface area contributed by atoms with Crippen LogP contribution in [0.15, 0.2) is 17.4 Å². The van der Waals surface area contributed by atoms with E-state index in [4.69, 9.17) is 10.9 Å². The minimum absolute atomic E-state index is 0.00269. The van der Waals surface area contributed by atoms with Gasteiger partial charge in [0.25, 0.3) is 0 Å². The summed E-state index contributed by atoms with van der Waals surface area (Å²) in [5.41, 5.74) is 8.78. The summed E-state index contributed by atoms with van der Waals surface area (Å²) in [6.07, 6.45) is 1.79. The van der Waals surface area contributed by atoms with Crippen LogP contribution in [0.4, 0.5) is 0 Å². The number of nitrogens with two attached hydrogens (primary N) is 1. The number of rotatable bonds is 3. The highest BCUT2D eigenvalue weighted by molar-refractivity contribution is 6.01. The molecule has 2 heterocycles. The van der Waals surface area contributed by atoms with Gasteiger partial charge in [0.1, 0.15) is 0 Å². The SMILES string of the molecule is Cc1nnc(-n2ccc(C(C)C)n2)c(C(N)=NO)c1C. The highest BCUT2D eigenvalue weighted by Gasteiger charge is 2.18. The van der Waals surface area contributed by atoms with Gasteiger partial charge in [0, 0.05) is 6.20 Å². The Balaban J connectivity index is 2.64. The van der Waals surface area contributed by atoms with Gasteiger partial charge in [0.15, 0.2) is 11.7 Å². The molecule has 0 bridgehead atoms. The topological polar surface area (TPSA) is 102 Å². The first-order valence-corrected chi connectivity index (χ1v) is 6.33. The lowest BCUT2D eigenvalue weighted by molar-refractivity contribution is 0.318. The molecule has 0 fully saturated rings. The number of oxime groups is 1. The van der Waals surface area contributed by atoms with Crippen LogP contribution in [0.5, 0.6) is 0 Å². The summed E-state index contributed by atoms with van der Waals surface area (Å²) in [5, 5.41) is 24.7. The first-order valence-electron chi connectivity index (χ1n) is 6.33. The van der Waals surface area contributed by atoms with E-state index in [-0.39, 0.29) is 5.84 Å². The van der Waals surface area contributed by atoms with Crippen LogP contribution < -0.4 is 5.73 Å². The first kappa shape index (κ1) is 14.0. The van der Waals surface area contributed by atoms with E-state index in [0.717, 1.165) is 17.0 Å². The van der Waals surface area contributed by atoms with Crippen molar-refractivity contribution in [2.45, 2.75) is 33.6 Å². The fourth-order valence-electron chi connectivity index (χ4n) is 1.88. The Morgan fingerprint density at radius 2 is 2.05 bits per heavy atom. The third-order valence-electron chi connectivity index (χ3n) is 3.22. The van der Waals surface area contributed by atoms with Gasteiger partial charge < -0.3 is 10.9 Å². The second-order valence-electron chi connectivity index (χ2n) is 4.93. The van der Waals surface area contributed by atoms with Crippen LogP contribution >= 0.6 is 0 Å². The Hall–Kier alpha value is -2.44. The van der Waals surface area contributed by atoms with Gasteiger partial charge in [-0.15, -0.1) is 5.10 Å². The lowest BCUT2D eigenvalue weighted by Gasteiger charge is -2.11. The summed E-state index contributed by atoms with van der Waals surface area (Å²) in [6.45, 7) is 7.79. The summed E-state index contributed by atoms with van der Waals surface area (Å²) in [4.78, 5) is 0. The zero-order valence-corrected chi connectivity index (χ0v) is 12.0. The van der Waals surface area contributed by atoms with Crippen molar-refractivity contribution >= 4 is 5.84 Å². The Labute approximate surface area is 117 Å². The maximum Gasteiger partial charge on any atom is 0.187 e. The molecule has 7 heteroatoms. The number of aryl methyl sites for hydroxylation is 1. The molecule has 0 aromatic carbocycles. The first-order chi connectivity index (χ1) is 9.45. The van der Waals surface area contributed by atoms with E-state index in [9.17, 15) is 0 Å². The van der Waals surface area contributed by atoms with Crippen LogP contribution in [-0.2, 0) is 0 Å². The third kappa shape index (κ3) is 2.34. The summed E-state index contributed by atoms with van der Waals surface area (Å²) in [7, 11) is 0. The second-order valence-corrected chi connectivity index (χ2v) is 4.93. The van der Waals surface area contributed by atoms with Crippen LogP contribution in [0.25, 0.3) is 5.82 Å². The van der Waals surface area contributed by atoms with Crippen molar-refractivity contribution in [3.63, 3.8) is 0 Å². The van der Waals surface area contributed by atoms with Crippen molar-refractivity contribution in [1.82, 2.24) is 20.0 Å². The highest BCUT2D eigenvalue weighted by Crippen LogP contribution is 2.19. The Morgan fingerprint density at radius 1 is 1.35 bits per heavy atom. The molecule has 0 spiro atoms. The quantitative estimate of drug-likeness (QED) is 0.382.